The van der Waals surface area contributed by atoms with Crippen molar-refractivity contribution in [2.45, 2.75) is 79.6 Å². The number of nitrogen functional groups attached to an aromatic ring is 1. The molecule has 3 aromatic rings. The van der Waals surface area contributed by atoms with E-state index in [1.54, 1.807) is 5.06 Å². The van der Waals surface area contributed by atoms with Crippen LogP contribution in [-0.4, -0.2) is 63.2 Å². The minimum absolute atomic E-state index is 0.173. The van der Waals surface area contributed by atoms with Gasteiger partial charge in [-0.15, -0.1) is 5.06 Å². The van der Waals surface area contributed by atoms with Crippen LogP contribution in [0.4, 0.5) is 5.82 Å². The summed E-state index contributed by atoms with van der Waals surface area (Å²) >= 11 is 0. The molecule has 1 aliphatic rings. The zero-order valence-corrected chi connectivity index (χ0v) is 24.7. The van der Waals surface area contributed by atoms with Gasteiger partial charge in [0.05, 0.1) is 17.5 Å². The fourth-order valence-electron chi connectivity index (χ4n) is 4.86. The second kappa shape index (κ2) is 14.1. The van der Waals surface area contributed by atoms with Crippen LogP contribution in [0.25, 0.3) is 11.0 Å². The number of nitrogens with two attached hydrogens (primary N) is 1. The molecule has 0 bridgehead atoms. The number of hydrogen-bond donors (Lipinski definition) is 1. The van der Waals surface area contributed by atoms with Crippen LogP contribution in [0.3, 0.4) is 0 Å². The van der Waals surface area contributed by atoms with Crippen molar-refractivity contribution < 1.29 is 14.4 Å². The van der Waals surface area contributed by atoms with Crippen LogP contribution in [0.5, 0.6) is 0 Å². The molecule has 9 nitrogen and oxygen atoms in total. The molecule has 1 aromatic carbocycles. The average Bonchev–Trinajstić information content (AvgIpc) is 3.28. The van der Waals surface area contributed by atoms with Crippen LogP contribution in [0, 0.1) is 5.41 Å². The maximum Gasteiger partial charge on any atom is 0.330 e. The Morgan fingerprint density at radius 3 is 2.45 bits per heavy atom. The SMILES string of the molecule is CCCCc1nc(N)c2c(n1)c(CCCCN1CCN(OC(=O)C(C)(C)C)CC1)cn2COCc1ccccc1. The lowest BCUT2D eigenvalue weighted by Gasteiger charge is -2.34. The summed E-state index contributed by atoms with van der Waals surface area (Å²) < 4.78 is 8.10. The first-order chi connectivity index (χ1) is 19.2. The van der Waals surface area contributed by atoms with Gasteiger partial charge < -0.3 is 24.8 Å². The lowest BCUT2D eigenvalue weighted by atomic mass is 9.98. The molecular formula is C31H46N6O3. The van der Waals surface area contributed by atoms with Crippen molar-refractivity contribution in [3.05, 3.63) is 53.5 Å². The molecule has 2 N–H and O–H groups in total. The van der Waals surface area contributed by atoms with Gasteiger partial charge in [0.1, 0.15) is 18.1 Å². The summed E-state index contributed by atoms with van der Waals surface area (Å²) in [5, 5.41) is 1.80. The molecule has 0 aliphatic carbocycles. The summed E-state index contributed by atoms with van der Waals surface area (Å²) in [6, 6.07) is 10.2. The molecule has 0 unspecified atom stereocenters. The number of rotatable bonds is 13. The van der Waals surface area contributed by atoms with Crippen LogP contribution in [-0.2, 0) is 40.5 Å². The van der Waals surface area contributed by atoms with E-state index >= 15 is 0 Å². The number of ether oxygens (including phenoxy) is 1. The van der Waals surface area contributed by atoms with E-state index in [2.05, 4.69) is 39.7 Å². The number of anilines is 1. The summed E-state index contributed by atoms with van der Waals surface area (Å²) in [4.78, 5) is 29.8. The Morgan fingerprint density at radius 2 is 1.75 bits per heavy atom. The third-order valence-corrected chi connectivity index (χ3v) is 7.28. The van der Waals surface area contributed by atoms with Crippen molar-refractivity contribution in [1.82, 2.24) is 24.5 Å². The number of hydroxylamine groups is 2. The molecule has 1 saturated heterocycles. The predicted octanol–water partition coefficient (Wildman–Crippen LogP) is 4.98. The number of carbonyl (C=O) groups excluding carboxylic acids is 1. The normalized spacial score (nSPS) is 15.1. The molecule has 40 heavy (non-hydrogen) atoms. The lowest BCUT2D eigenvalue weighted by molar-refractivity contribution is -0.206. The average molecular weight is 551 g/mol. The number of fused-ring (bicyclic) bond motifs is 1. The fourth-order valence-corrected chi connectivity index (χ4v) is 4.86. The number of unbranched alkanes of at least 4 members (excludes halogenated alkanes) is 2. The van der Waals surface area contributed by atoms with Crippen molar-refractivity contribution in [2.24, 2.45) is 5.41 Å². The van der Waals surface area contributed by atoms with Crippen molar-refractivity contribution >= 4 is 22.8 Å². The Bertz CT molecular complexity index is 1230. The number of hydrogen-bond acceptors (Lipinski definition) is 8. The maximum atomic E-state index is 12.2. The van der Waals surface area contributed by atoms with Crippen LogP contribution in [0.2, 0.25) is 0 Å². The minimum Gasteiger partial charge on any atom is -0.382 e. The fraction of sp³-hybridized carbons (Fsp3) is 0.581. The van der Waals surface area contributed by atoms with Gasteiger partial charge in [-0.2, -0.15) is 0 Å². The first-order valence-electron chi connectivity index (χ1n) is 14.7. The highest BCUT2D eigenvalue weighted by Gasteiger charge is 2.27. The van der Waals surface area contributed by atoms with E-state index in [9.17, 15) is 4.79 Å². The smallest absolute Gasteiger partial charge is 0.330 e. The van der Waals surface area contributed by atoms with E-state index in [1.165, 1.54) is 5.56 Å². The number of aryl methyl sites for hydroxylation is 2. The van der Waals surface area contributed by atoms with E-state index in [-0.39, 0.29) is 5.97 Å². The molecule has 9 heteroatoms. The first kappa shape index (κ1) is 30.0. The molecule has 0 spiro atoms. The molecule has 0 atom stereocenters. The Balaban J connectivity index is 1.33. The molecule has 218 valence electrons. The molecule has 3 heterocycles. The van der Waals surface area contributed by atoms with Gasteiger partial charge in [0.15, 0.2) is 5.82 Å². The molecular weight excluding hydrogens is 504 g/mol. The second-order valence-electron chi connectivity index (χ2n) is 11.8. The quantitative estimate of drug-likeness (QED) is 0.298. The van der Waals surface area contributed by atoms with E-state index in [0.29, 0.717) is 19.2 Å². The molecule has 4 rings (SSSR count). The molecule has 0 radical (unpaired) electrons. The van der Waals surface area contributed by atoms with Crippen molar-refractivity contribution in [3.63, 3.8) is 0 Å². The topological polar surface area (TPSA) is 98.7 Å². The highest BCUT2D eigenvalue weighted by Crippen LogP contribution is 2.26. The lowest BCUT2D eigenvalue weighted by Crippen LogP contribution is -2.48. The number of aromatic nitrogens is 3. The van der Waals surface area contributed by atoms with Crippen molar-refractivity contribution in [3.8, 4) is 0 Å². The summed E-state index contributed by atoms with van der Waals surface area (Å²) in [5.74, 6) is 1.17. The summed E-state index contributed by atoms with van der Waals surface area (Å²) in [5.41, 5.74) is 10.1. The highest BCUT2D eigenvalue weighted by molar-refractivity contribution is 5.88. The third-order valence-electron chi connectivity index (χ3n) is 7.28. The Morgan fingerprint density at radius 1 is 1.00 bits per heavy atom. The minimum atomic E-state index is -0.485. The third kappa shape index (κ3) is 8.25. The standard InChI is InChI=1S/C31H46N6O3/c1-5-6-15-26-33-27-25(14-10-11-16-35-17-19-37(20-18-35)40-30(38)31(2,3)4)21-36(28(27)29(32)34-26)23-39-22-24-12-8-7-9-13-24/h7-9,12-13,21H,5-6,10-11,14-20,22-23H2,1-4H3,(H2,32,33,34). The van der Waals surface area contributed by atoms with Gasteiger partial charge >= 0.3 is 5.97 Å². The number of carbonyl (C=O) groups is 1. The maximum absolute atomic E-state index is 12.2. The van der Waals surface area contributed by atoms with E-state index < -0.39 is 5.41 Å². The summed E-state index contributed by atoms with van der Waals surface area (Å²) in [6.45, 7) is 13.1. The van der Waals surface area contributed by atoms with Gasteiger partial charge in [-0.3, -0.25) is 0 Å². The summed E-state index contributed by atoms with van der Waals surface area (Å²) in [6.07, 6.45) is 8.18. The van der Waals surface area contributed by atoms with Crippen LogP contribution < -0.4 is 5.73 Å². The Labute approximate surface area is 238 Å². The monoisotopic (exact) mass is 550 g/mol. The van der Waals surface area contributed by atoms with Gasteiger partial charge in [-0.1, -0.05) is 43.7 Å². The molecule has 0 saturated carbocycles. The van der Waals surface area contributed by atoms with Gasteiger partial charge in [-0.25, -0.2) is 14.8 Å². The van der Waals surface area contributed by atoms with Crippen LogP contribution in [0.15, 0.2) is 36.5 Å². The van der Waals surface area contributed by atoms with Crippen molar-refractivity contribution in [1.29, 1.82) is 0 Å². The Kier molecular flexibility index (Phi) is 10.5. The molecule has 1 aliphatic heterocycles. The second-order valence-corrected chi connectivity index (χ2v) is 11.8. The number of nitrogens with zero attached hydrogens (tertiary/aromatic N) is 5. The number of benzene rings is 1. The first-order valence-corrected chi connectivity index (χ1v) is 14.7. The zero-order chi connectivity index (χ0) is 28.5. The van der Waals surface area contributed by atoms with E-state index in [4.69, 9.17) is 20.3 Å². The van der Waals surface area contributed by atoms with Crippen LogP contribution >= 0.6 is 0 Å². The Hall–Kier alpha value is -3.01. The summed E-state index contributed by atoms with van der Waals surface area (Å²) in [7, 11) is 0. The van der Waals surface area contributed by atoms with Gasteiger partial charge in [0.25, 0.3) is 0 Å². The van der Waals surface area contributed by atoms with Gasteiger partial charge in [-0.05, 0) is 64.1 Å². The number of piperazine rings is 1. The molecule has 0 amide bonds. The zero-order valence-electron chi connectivity index (χ0n) is 24.7. The van der Waals surface area contributed by atoms with E-state index in [1.807, 2.05) is 39.0 Å². The largest absolute Gasteiger partial charge is 0.382 e. The molecule has 1 fully saturated rings. The van der Waals surface area contributed by atoms with Gasteiger partial charge in [0.2, 0.25) is 0 Å². The van der Waals surface area contributed by atoms with Crippen LogP contribution in [0.1, 0.15) is 70.3 Å². The van der Waals surface area contributed by atoms with Crippen molar-refractivity contribution in [2.75, 3.05) is 38.5 Å². The van der Waals surface area contributed by atoms with E-state index in [0.717, 1.165) is 93.7 Å². The van der Waals surface area contributed by atoms with Gasteiger partial charge in [0, 0.05) is 38.8 Å². The molecule has 2 aromatic heterocycles. The predicted molar refractivity (Wildman–Crippen MR) is 158 cm³/mol. The highest BCUT2D eigenvalue weighted by atomic mass is 16.7.